The Morgan fingerprint density at radius 2 is 1.80 bits per heavy atom. The predicted molar refractivity (Wildman–Crippen MR) is 57.8 cm³/mol. The molecule has 0 amide bonds. The maximum Gasteiger partial charge on any atom is 0.253 e. The predicted octanol–water partition coefficient (Wildman–Crippen LogP) is 0.570. The number of hydrogen-bond donors (Lipinski definition) is 3. The standard InChI is InChI=1S/C8H16N6O/c1-2-3-4-5-15-14-8-12-6(9)11-7(10)13-8/h2-5H2,1H3,(H5,9,10,11,12,13,14). The van der Waals surface area contributed by atoms with Gasteiger partial charge < -0.3 is 11.5 Å². The van der Waals surface area contributed by atoms with Crippen LogP contribution in [0.25, 0.3) is 0 Å². The lowest BCUT2D eigenvalue weighted by Crippen LogP contribution is -2.10. The molecule has 0 saturated carbocycles. The maximum atomic E-state index is 5.37. The largest absolute Gasteiger partial charge is 0.368 e. The highest BCUT2D eigenvalue weighted by atomic mass is 16.6. The molecule has 1 heterocycles. The minimum absolute atomic E-state index is 0.0714. The van der Waals surface area contributed by atoms with Crippen LogP contribution in [0, 0.1) is 0 Å². The first-order valence-electron chi connectivity index (χ1n) is 4.87. The van der Waals surface area contributed by atoms with Crippen LogP contribution in [0.2, 0.25) is 0 Å². The van der Waals surface area contributed by atoms with Crippen LogP contribution in [0.4, 0.5) is 17.8 Å². The molecule has 0 radical (unpaired) electrons. The van der Waals surface area contributed by atoms with E-state index >= 15 is 0 Å². The van der Waals surface area contributed by atoms with Gasteiger partial charge in [0.05, 0.1) is 6.61 Å². The third kappa shape index (κ3) is 4.41. The molecule has 5 N–H and O–H groups in total. The summed E-state index contributed by atoms with van der Waals surface area (Å²) < 4.78 is 0. The number of hydrogen-bond acceptors (Lipinski definition) is 7. The Kier molecular flexibility index (Phi) is 4.55. The molecule has 15 heavy (non-hydrogen) atoms. The summed E-state index contributed by atoms with van der Waals surface area (Å²) >= 11 is 0. The van der Waals surface area contributed by atoms with Crippen molar-refractivity contribution in [1.29, 1.82) is 0 Å². The quantitative estimate of drug-likeness (QED) is 0.466. The fraction of sp³-hybridized carbons (Fsp3) is 0.625. The van der Waals surface area contributed by atoms with E-state index in [1.54, 1.807) is 0 Å². The van der Waals surface area contributed by atoms with Crippen molar-refractivity contribution in [2.24, 2.45) is 0 Å². The topological polar surface area (TPSA) is 112 Å². The fourth-order valence-corrected chi connectivity index (χ4v) is 0.995. The first kappa shape index (κ1) is 11.4. The Morgan fingerprint density at radius 3 is 2.40 bits per heavy atom. The number of rotatable bonds is 6. The average molecular weight is 212 g/mol. The summed E-state index contributed by atoms with van der Waals surface area (Å²) in [6.45, 7) is 2.72. The van der Waals surface area contributed by atoms with Gasteiger partial charge >= 0.3 is 0 Å². The van der Waals surface area contributed by atoms with E-state index in [1.807, 2.05) is 0 Å². The zero-order chi connectivity index (χ0) is 11.1. The molecule has 0 atom stereocenters. The highest BCUT2D eigenvalue weighted by Crippen LogP contribution is 2.03. The molecule has 84 valence electrons. The van der Waals surface area contributed by atoms with Crippen LogP contribution in [0.15, 0.2) is 0 Å². The highest BCUT2D eigenvalue weighted by molar-refractivity contribution is 5.35. The van der Waals surface area contributed by atoms with Gasteiger partial charge in [0.15, 0.2) is 0 Å². The van der Waals surface area contributed by atoms with Crippen molar-refractivity contribution < 1.29 is 4.84 Å². The smallest absolute Gasteiger partial charge is 0.253 e. The van der Waals surface area contributed by atoms with E-state index in [0.717, 1.165) is 19.3 Å². The van der Waals surface area contributed by atoms with Crippen molar-refractivity contribution in [3.05, 3.63) is 0 Å². The third-order valence-electron chi connectivity index (χ3n) is 1.68. The molecular weight excluding hydrogens is 196 g/mol. The van der Waals surface area contributed by atoms with E-state index in [-0.39, 0.29) is 17.8 Å². The normalized spacial score (nSPS) is 10.2. The molecule has 0 aliphatic heterocycles. The summed E-state index contributed by atoms with van der Waals surface area (Å²) in [6, 6.07) is 0. The van der Waals surface area contributed by atoms with Gasteiger partial charge in [-0.15, -0.1) is 0 Å². The number of nitrogen functional groups attached to an aromatic ring is 2. The van der Waals surface area contributed by atoms with Gasteiger partial charge in [-0.05, 0) is 6.42 Å². The van der Waals surface area contributed by atoms with Crippen molar-refractivity contribution in [2.75, 3.05) is 23.6 Å². The van der Waals surface area contributed by atoms with Crippen LogP contribution >= 0.6 is 0 Å². The van der Waals surface area contributed by atoms with Crippen LogP contribution in [0.3, 0.4) is 0 Å². The average Bonchev–Trinajstić information content (AvgIpc) is 2.16. The lowest BCUT2D eigenvalue weighted by Gasteiger charge is -2.05. The first-order valence-corrected chi connectivity index (χ1v) is 4.87. The van der Waals surface area contributed by atoms with Crippen molar-refractivity contribution in [3.8, 4) is 0 Å². The van der Waals surface area contributed by atoms with E-state index < -0.39 is 0 Å². The summed E-state index contributed by atoms with van der Waals surface area (Å²) in [5.74, 6) is 0.376. The summed E-state index contributed by atoms with van der Waals surface area (Å²) in [7, 11) is 0. The summed E-state index contributed by atoms with van der Waals surface area (Å²) in [4.78, 5) is 16.3. The van der Waals surface area contributed by atoms with Gasteiger partial charge in [0.1, 0.15) is 0 Å². The Morgan fingerprint density at radius 1 is 1.13 bits per heavy atom. The Hall–Kier alpha value is -1.63. The first-order chi connectivity index (χ1) is 7.22. The van der Waals surface area contributed by atoms with E-state index in [9.17, 15) is 0 Å². The Bertz CT molecular complexity index is 285. The molecule has 0 aliphatic carbocycles. The molecule has 0 bridgehead atoms. The number of nitrogens with two attached hydrogens (primary N) is 2. The van der Waals surface area contributed by atoms with Gasteiger partial charge in [0.25, 0.3) is 5.95 Å². The maximum absolute atomic E-state index is 5.37. The van der Waals surface area contributed by atoms with Crippen molar-refractivity contribution in [3.63, 3.8) is 0 Å². The fourth-order valence-electron chi connectivity index (χ4n) is 0.995. The molecule has 0 aliphatic rings. The molecule has 1 aromatic heterocycles. The number of nitrogens with zero attached hydrogens (tertiary/aromatic N) is 3. The van der Waals surface area contributed by atoms with Crippen LogP contribution < -0.4 is 16.9 Å². The van der Waals surface area contributed by atoms with Crippen LogP contribution in [0.1, 0.15) is 26.2 Å². The number of anilines is 3. The monoisotopic (exact) mass is 212 g/mol. The minimum Gasteiger partial charge on any atom is -0.368 e. The molecule has 0 spiro atoms. The van der Waals surface area contributed by atoms with Gasteiger partial charge in [-0.25, -0.2) is 5.48 Å². The molecular formula is C8H16N6O. The second kappa shape index (κ2) is 5.97. The molecule has 0 saturated heterocycles. The minimum atomic E-state index is 0.0714. The number of unbranched alkanes of at least 4 members (excludes halogenated alkanes) is 2. The molecule has 0 fully saturated rings. The van der Waals surface area contributed by atoms with Gasteiger partial charge in [0.2, 0.25) is 11.9 Å². The van der Waals surface area contributed by atoms with Gasteiger partial charge in [-0.1, -0.05) is 19.8 Å². The third-order valence-corrected chi connectivity index (χ3v) is 1.68. The molecule has 1 aromatic rings. The summed E-state index contributed by atoms with van der Waals surface area (Å²) in [5.41, 5.74) is 13.3. The zero-order valence-corrected chi connectivity index (χ0v) is 8.73. The molecule has 0 unspecified atom stereocenters. The molecule has 1 rings (SSSR count). The van der Waals surface area contributed by atoms with Crippen molar-refractivity contribution in [2.45, 2.75) is 26.2 Å². The van der Waals surface area contributed by atoms with E-state index in [1.165, 1.54) is 0 Å². The van der Waals surface area contributed by atoms with Crippen LogP contribution in [0.5, 0.6) is 0 Å². The van der Waals surface area contributed by atoms with Gasteiger partial charge in [-0.2, -0.15) is 15.0 Å². The van der Waals surface area contributed by atoms with E-state index in [4.69, 9.17) is 16.3 Å². The SMILES string of the molecule is CCCCCONc1nc(N)nc(N)n1. The Balaban J connectivity index is 2.31. The lowest BCUT2D eigenvalue weighted by atomic mass is 10.3. The van der Waals surface area contributed by atoms with Crippen molar-refractivity contribution in [1.82, 2.24) is 15.0 Å². The second-order valence-electron chi connectivity index (χ2n) is 3.03. The van der Waals surface area contributed by atoms with Crippen LogP contribution in [-0.4, -0.2) is 21.6 Å². The van der Waals surface area contributed by atoms with Gasteiger partial charge in [0, 0.05) is 0 Å². The van der Waals surface area contributed by atoms with E-state index in [0.29, 0.717) is 6.61 Å². The Labute approximate surface area is 88.2 Å². The summed E-state index contributed by atoms with van der Waals surface area (Å²) in [5, 5.41) is 0. The molecule has 0 aromatic carbocycles. The van der Waals surface area contributed by atoms with Crippen LogP contribution in [-0.2, 0) is 4.84 Å². The second-order valence-corrected chi connectivity index (χ2v) is 3.03. The van der Waals surface area contributed by atoms with Gasteiger partial charge in [-0.3, -0.25) is 4.84 Å². The highest BCUT2D eigenvalue weighted by Gasteiger charge is 2.00. The van der Waals surface area contributed by atoms with Crippen molar-refractivity contribution >= 4 is 17.8 Å². The lowest BCUT2D eigenvalue weighted by molar-refractivity contribution is 0.185. The molecule has 7 nitrogen and oxygen atoms in total. The summed E-state index contributed by atoms with van der Waals surface area (Å²) in [6.07, 6.45) is 3.26. The van der Waals surface area contributed by atoms with E-state index in [2.05, 4.69) is 27.4 Å². The zero-order valence-electron chi connectivity index (χ0n) is 8.73. The number of aromatic nitrogens is 3. The number of nitrogens with one attached hydrogen (secondary N) is 1. The molecule has 7 heteroatoms.